The number of Topliss-reactive ketones (excluding diaryl/α,β-unsaturated/α-hetero) is 1. The minimum absolute atomic E-state index is 0.0392. The first-order chi connectivity index (χ1) is 32.3. The van der Waals surface area contributed by atoms with Crippen LogP contribution in [-0.2, 0) is 33.6 Å². The van der Waals surface area contributed by atoms with Crippen molar-refractivity contribution in [3.8, 4) is 0 Å². The molecule has 5 N–H and O–H groups in total. The molecule has 4 fully saturated rings. The van der Waals surface area contributed by atoms with E-state index in [0.717, 1.165) is 24.8 Å². The first-order valence-electron chi connectivity index (χ1n) is 24.5. The van der Waals surface area contributed by atoms with E-state index in [0.29, 0.717) is 32.1 Å². The lowest BCUT2D eigenvalue weighted by molar-refractivity contribution is -0.145. The average Bonchev–Trinajstić information content (AvgIpc) is 3.98. The number of benzene rings is 1. The molecule has 2 aromatic rings. The van der Waals surface area contributed by atoms with Gasteiger partial charge in [0.05, 0.1) is 30.9 Å². The van der Waals surface area contributed by atoms with Crippen LogP contribution in [0, 0.1) is 17.3 Å². The van der Waals surface area contributed by atoms with Crippen LogP contribution < -0.4 is 26.6 Å². The summed E-state index contributed by atoms with van der Waals surface area (Å²) in [6, 6.07) is 2.95. The van der Waals surface area contributed by atoms with Crippen LogP contribution in [0.4, 0.5) is 0 Å². The molecule has 1 aliphatic carbocycles. The number of likely N-dealkylation sites (N-methyl/N-ethyl adjacent to an activating group) is 1. The van der Waals surface area contributed by atoms with E-state index < -0.39 is 82.6 Å². The monoisotopic (exact) mass is 941 g/mol. The Bertz CT molecular complexity index is 2160. The number of hydrogen-bond donors (Lipinski definition) is 5. The van der Waals surface area contributed by atoms with E-state index in [4.69, 9.17) is 0 Å². The van der Waals surface area contributed by atoms with Gasteiger partial charge in [0.25, 0.3) is 11.8 Å². The predicted octanol–water partition coefficient (Wildman–Crippen LogP) is 3.18. The highest BCUT2D eigenvalue weighted by Gasteiger charge is 2.65. The molecule has 68 heavy (non-hydrogen) atoms. The largest absolute Gasteiger partial charge is 0.352 e. The van der Waals surface area contributed by atoms with E-state index >= 15 is 4.79 Å². The molecule has 4 heterocycles. The van der Waals surface area contributed by atoms with E-state index in [-0.39, 0.29) is 67.9 Å². The van der Waals surface area contributed by atoms with Gasteiger partial charge in [0.1, 0.15) is 29.5 Å². The summed E-state index contributed by atoms with van der Waals surface area (Å²) in [5.41, 5.74) is -1.30. The second-order valence-corrected chi connectivity index (χ2v) is 20.6. The van der Waals surface area contributed by atoms with Crippen LogP contribution in [0.2, 0.25) is 0 Å². The molecule has 0 bridgehead atoms. The molecule has 370 valence electrons. The van der Waals surface area contributed by atoms with Crippen LogP contribution in [0.3, 0.4) is 0 Å². The summed E-state index contributed by atoms with van der Waals surface area (Å²) < 4.78 is 0. The standard InChI is InChI=1S/C50H72N10O8/c1-9-17-35(41(62)46(66)53-31(5)32-18-13-11-14-19-32)55-44(64)38-26-50(59(10-2)47(67)37-25-34(28-60(37)50)54-39(61)24-30(3)4)29-58(38)48(68)42(49(6,7)8)57-45(65)40(33-20-15-12-16-21-33)56-43(63)36-27-51-22-23-52-36/h11,13-14,18-19,22-23,27,30-31,33-35,37-38,40,42H,9-10,12,15-17,20-21,24-26,28-29H2,1-8H3,(H,53,66)(H,54,61)(H,55,64)(H,56,63)(H,57,65)/t31-,34+,35?,37+,38-,40-,42+,50?/m0/s1. The van der Waals surface area contributed by atoms with Gasteiger partial charge in [-0.25, -0.2) is 4.98 Å². The van der Waals surface area contributed by atoms with Crippen molar-refractivity contribution in [3.05, 3.63) is 60.2 Å². The quantitative estimate of drug-likeness (QED) is 0.136. The predicted molar refractivity (Wildman–Crippen MR) is 253 cm³/mol. The summed E-state index contributed by atoms with van der Waals surface area (Å²) in [4.78, 5) is 127. The van der Waals surface area contributed by atoms with Crippen LogP contribution in [0.1, 0.15) is 142 Å². The number of hydrogen-bond acceptors (Lipinski definition) is 11. The molecule has 0 radical (unpaired) electrons. The number of rotatable bonds is 18. The number of carbonyl (C=O) groups excluding carboxylic acids is 8. The zero-order valence-electron chi connectivity index (χ0n) is 41.0. The second kappa shape index (κ2) is 22.1. The van der Waals surface area contributed by atoms with Crippen molar-refractivity contribution in [2.45, 2.75) is 168 Å². The fourth-order valence-corrected chi connectivity index (χ4v) is 10.6. The van der Waals surface area contributed by atoms with Crippen molar-refractivity contribution in [3.63, 3.8) is 0 Å². The number of carbonyl (C=O) groups is 8. The maximum absolute atomic E-state index is 15.5. The third kappa shape index (κ3) is 11.6. The summed E-state index contributed by atoms with van der Waals surface area (Å²) in [5, 5.41) is 14.6. The molecule has 3 aliphatic heterocycles. The number of ketones is 1. The molecule has 1 spiro atoms. The summed E-state index contributed by atoms with van der Waals surface area (Å²) >= 11 is 0. The molecule has 6 rings (SSSR count). The Hall–Kier alpha value is -5.78. The highest BCUT2D eigenvalue weighted by atomic mass is 16.2. The lowest BCUT2D eigenvalue weighted by Gasteiger charge is -2.41. The molecule has 18 nitrogen and oxygen atoms in total. The third-order valence-corrected chi connectivity index (χ3v) is 14.0. The van der Waals surface area contributed by atoms with Crippen LogP contribution in [0.25, 0.3) is 0 Å². The van der Waals surface area contributed by atoms with Gasteiger partial charge in [-0.2, -0.15) is 0 Å². The minimum Gasteiger partial charge on any atom is -0.352 e. The van der Waals surface area contributed by atoms with Gasteiger partial charge in [0.15, 0.2) is 0 Å². The molecule has 3 saturated heterocycles. The van der Waals surface area contributed by atoms with Crippen LogP contribution in [-0.4, -0.2) is 133 Å². The Morgan fingerprint density at radius 3 is 2.22 bits per heavy atom. The first kappa shape index (κ1) is 51.6. The molecule has 8 atom stereocenters. The Balaban J connectivity index is 1.33. The van der Waals surface area contributed by atoms with Gasteiger partial charge in [0, 0.05) is 44.4 Å². The van der Waals surface area contributed by atoms with Crippen molar-refractivity contribution in [2.24, 2.45) is 17.3 Å². The number of amides is 7. The maximum Gasteiger partial charge on any atom is 0.290 e. The minimum atomic E-state index is -1.26. The highest BCUT2D eigenvalue weighted by Crippen LogP contribution is 2.46. The van der Waals surface area contributed by atoms with Gasteiger partial charge < -0.3 is 36.4 Å². The fourth-order valence-electron chi connectivity index (χ4n) is 10.6. The average molecular weight is 941 g/mol. The molecule has 4 aliphatic rings. The third-order valence-electron chi connectivity index (χ3n) is 14.0. The van der Waals surface area contributed by atoms with E-state index in [2.05, 4.69) is 36.6 Å². The summed E-state index contributed by atoms with van der Waals surface area (Å²) in [7, 11) is 0. The van der Waals surface area contributed by atoms with Crippen LogP contribution in [0.15, 0.2) is 48.9 Å². The summed E-state index contributed by atoms with van der Waals surface area (Å²) in [6.45, 7) is 15.2. The molecular weight excluding hydrogens is 869 g/mol. The van der Waals surface area contributed by atoms with Gasteiger partial charge in [-0.3, -0.25) is 48.2 Å². The zero-order chi connectivity index (χ0) is 49.5. The van der Waals surface area contributed by atoms with Gasteiger partial charge in [0.2, 0.25) is 35.3 Å². The lowest BCUT2D eigenvalue weighted by atomic mass is 9.82. The number of likely N-dealkylation sites (tertiary alicyclic amines) is 1. The Labute approximate surface area is 400 Å². The Morgan fingerprint density at radius 2 is 1.60 bits per heavy atom. The van der Waals surface area contributed by atoms with Crippen molar-refractivity contribution in [1.82, 2.24) is 51.3 Å². The number of fused-ring (bicyclic) bond motifs is 2. The van der Waals surface area contributed by atoms with Crippen molar-refractivity contribution < 1.29 is 38.4 Å². The van der Waals surface area contributed by atoms with Gasteiger partial charge in [-0.05, 0) is 62.3 Å². The molecule has 7 amide bonds. The van der Waals surface area contributed by atoms with E-state index in [1.165, 1.54) is 23.5 Å². The molecule has 1 saturated carbocycles. The van der Waals surface area contributed by atoms with Crippen LogP contribution >= 0.6 is 0 Å². The Kier molecular flexibility index (Phi) is 16.8. The second-order valence-electron chi connectivity index (χ2n) is 20.6. The number of nitrogens with one attached hydrogen (secondary N) is 5. The molecule has 18 heteroatoms. The van der Waals surface area contributed by atoms with Crippen molar-refractivity contribution >= 4 is 47.1 Å². The smallest absolute Gasteiger partial charge is 0.290 e. The van der Waals surface area contributed by atoms with Gasteiger partial charge >= 0.3 is 0 Å². The SMILES string of the molecule is CCCC(NC(=O)[C@@H]1CC2(CN1C(=O)[C@@H](NC(=O)[C@@H](NC(=O)c1cnccn1)C1CCCCC1)C(C)(C)C)N(CC)C(=O)[C@H]1C[C@@H](NC(=O)CC(C)C)CN12)C(=O)C(=O)N[C@@H](C)c1ccccc1. The van der Waals surface area contributed by atoms with Gasteiger partial charge in [-0.1, -0.05) is 97.6 Å². The summed E-state index contributed by atoms with van der Waals surface area (Å²) in [5.74, 6) is -4.53. The maximum atomic E-state index is 15.5. The molecule has 1 aromatic heterocycles. The molecule has 1 aromatic carbocycles. The fraction of sp³-hybridized carbons (Fsp3) is 0.640. The van der Waals surface area contributed by atoms with Crippen molar-refractivity contribution in [2.75, 3.05) is 19.6 Å². The topological polar surface area (TPSA) is 232 Å². The normalized spacial score (nSPS) is 23.7. The van der Waals surface area contributed by atoms with E-state index in [9.17, 15) is 33.6 Å². The van der Waals surface area contributed by atoms with Crippen LogP contribution in [0.5, 0.6) is 0 Å². The lowest BCUT2D eigenvalue weighted by Crippen LogP contribution is -2.62. The van der Waals surface area contributed by atoms with E-state index in [1.807, 2.05) is 62.9 Å². The van der Waals surface area contributed by atoms with Gasteiger partial charge in [-0.15, -0.1) is 0 Å². The summed E-state index contributed by atoms with van der Waals surface area (Å²) in [6.07, 6.45) is 9.45. The zero-order valence-corrected chi connectivity index (χ0v) is 41.0. The molecular formula is C50H72N10O8. The van der Waals surface area contributed by atoms with Crippen molar-refractivity contribution in [1.29, 1.82) is 0 Å². The number of aromatic nitrogens is 2. The molecule has 2 unspecified atom stereocenters. The first-order valence-corrected chi connectivity index (χ1v) is 24.5. The number of nitrogens with zero attached hydrogens (tertiary/aromatic N) is 5. The highest BCUT2D eigenvalue weighted by molar-refractivity contribution is 6.38. The van der Waals surface area contributed by atoms with E-state index in [1.54, 1.807) is 32.6 Å². The Morgan fingerprint density at radius 1 is 0.897 bits per heavy atom.